The molecular formula is C31H64ClNO2. The molecule has 1 atom stereocenters. The van der Waals surface area contributed by atoms with Crippen molar-refractivity contribution in [1.29, 1.82) is 0 Å². The van der Waals surface area contributed by atoms with Gasteiger partial charge in [-0.1, -0.05) is 124 Å². The van der Waals surface area contributed by atoms with E-state index in [2.05, 4.69) is 27.7 Å². The van der Waals surface area contributed by atoms with Crippen LogP contribution in [-0.4, -0.2) is 43.2 Å². The summed E-state index contributed by atoms with van der Waals surface area (Å²) in [6.45, 7) is 14.5. The van der Waals surface area contributed by atoms with Gasteiger partial charge in [0.05, 0.1) is 39.3 Å². The Kier molecular flexibility index (Phi) is 23.4. The third-order valence-electron chi connectivity index (χ3n) is 7.97. The fourth-order valence-electron chi connectivity index (χ4n) is 6.24. The van der Waals surface area contributed by atoms with E-state index >= 15 is 0 Å². The van der Waals surface area contributed by atoms with Crippen LogP contribution in [0.3, 0.4) is 0 Å². The Morgan fingerprint density at radius 3 is 1.31 bits per heavy atom. The van der Waals surface area contributed by atoms with Gasteiger partial charge in [0.15, 0.2) is 0 Å². The number of nitrogens with zero attached hydrogens (tertiary/aromatic N) is 1. The molecule has 0 aliphatic carbocycles. The van der Waals surface area contributed by atoms with Crippen molar-refractivity contribution in [2.45, 2.75) is 168 Å². The second-order valence-electron chi connectivity index (χ2n) is 11.1. The SMILES string of the molecule is CCCCCCCCCCCCCCCCCCOC1([N+](CCC)(CCC)CCC)CCCO1.[Cl-]. The van der Waals surface area contributed by atoms with E-state index in [1.807, 2.05) is 0 Å². The molecule has 0 aromatic heterocycles. The van der Waals surface area contributed by atoms with Crippen LogP contribution in [0.25, 0.3) is 0 Å². The minimum atomic E-state index is -0.364. The summed E-state index contributed by atoms with van der Waals surface area (Å²) < 4.78 is 14.1. The van der Waals surface area contributed by atoms with E-state index in [0.29, 0.717) is 0 Å². The molecule has 0 aromatic rings. The van der Waals surface area contributed by atoms with Crippen molar-refractivity contribution in [1.82, 2.24) is 0 Å². The maximum atomic E-state index is 6.68. The Balaban J connectivity index is 0.0000116. The number of hydrogen-bond acceptors (Lipinski definition) is 2. The molecule has 1 saturated heterocycles. The van der Waals surface area contributed by atoms with Gasteiger partial charge in [-0.3, -0.25) is 4.48 Å². The molecule has 35 heavy (non-hydrogen) atoms. The van der Waals surface area contributed by atoms with Crippen LogP contribution < -0.4 is 12.4 Å². The number of ether oxygens (including phenoxy) is 2. The largest absolute Gasteiger partial charge is 1.00 e. The predicted molar refractivity (Wildman–Crippen MR) is 149 cm³/mol. The van der Waals surface area contributed by atoms with E-state index in [4.69, 9.17) is 9.47 Å². The van der Waals surface area contributed by atoms with E-state index in [1.165, 1.54) is 142 Å². The van der Waals surface area contributed by atoms with Gasteiger partial charge in [0.25, 0.3) is 0 Å². The molecule has 0 amide bonds. The highest BCUT2D eigenvalue weighted by molar-refractivity contribution is 4.69. The van der Waals surface area contributed by atoms with Gasteiger partial charge >= 0.3 is 5.91 Å². The van der Waals surface area contributed by atoms with E-state index < -0.39 is 0 Å². The summed E-state index contributed by atoms with van der Waals surface area (Å²) in [6.07, 6.45) is 28.4. The van der Waals surface area contributed by atoms with Gasteiger partial charge in [-0.15, -0.1) is 0 Å². The van der Waals surface area contributed by atoms with Gasteiger partial charge in [0, 0.05) is 0 Å². The summed E-state index contributed by atoms with van der Waals surface area (Å²) in [4.78, 5) is 0. The van der Waals surface area contributed by atoms with Gasteiger partial charge in [0.1, 0.15) is 0 Å². The first-order valence-electron chi connectivity index (χ1n) is 15.8. The fraction of sp³-hybridized carbons (Fsp3) is 1.00. The summed E-state index contributed by atoms with van der Waals surface area (Å²) in [5, 5.41) is 0. The molecule has 1 unspecified atom stereocenters. The average molecular weight is 518 g/mol. The van der Waals surface area contributed by atoms with Crippen LogP contribution in [0.1, 0.15) is 163 Å². The molecule has 1 heterocycles. The van der Waals surface area contributed by atoms with Crippen LogP contribution in [0, 0.1) is 0 Å². The molecule has 0 radical (unpaired) electrons. The Labute approximate surface area is 227 Å². The molecule has 1 fully saturated rings. The Morgan fingerprint density at radius 1 is 0.571 bits per heavy atom. The average Bonchev–Trinajstić information content (AvgIpc) is 3.32. The van der Waals surface area contributed by atoms with E-state index in [0.717, 1.165) is 30.5 Å². The van der Waals surface area contributed by atoms with Crippen LogP contribution in [0.15, 0.2) is 0 Å². The molecule has 4 heteroatoms. The standard InChI is InChI=1S/C31H64NO2.ClH/c1-5-9-10-11-12-13-14-15-16-17-18-19-20-21-22-23-29-33-31(25-24-30-34-31)32(26-6-2,27-7-3)28-8-4;/h5-30H2,1-4H3;1H/q+1;/p-1. The lowest BCUT2D eigenvalue weighted by molar-refractivity contribution is -1.02. The normalized spacial score (nSPS) is 18.2. The van der Waals surface area contributed by atoms with Crippen LogP contribution in [-0.2, 0) is 9.47 Å². The fourth-order valence-corrected chi connectivity index (χ4v) is 6.24. The highest BCUT2D eigenvalue weighted by Crippen LogP contribution is 2.38. The molecule has 1 rings (SSSR count). The van der Waals surface area contributed by atoms with E-state index in [-0.39, 0.29) is 18.3 Å². The van der Waals surface area contributed by atoms with Gasteiger partial charge in [-0.25, -0.2) is 0 Å². The third kappa shape index (κ3) is 14.0. The second kappa shape index (κ2) is 23.3. The monoisotopic (exact) mass is 517 g/mol. The first kappa shape index (κ1) is 35.2. The van der Waals surface area contributed by atoms with E-state index in [1.54, 1.807) is 0 Å². The minimum Gasteiger partial charge on any atom is -1.00 e. The second-order valence-corrected chi connectivity index (χ2v) is 11.1. The van der Waals surface area contributed by atoms with Crippen LogP contribution >= 0.6 is 0 Å². The first-order chi connectivity index (χ1) is 16.7. The zero-order chi connectivity index (χ0) is 24.8. The summed E-state index contributed by atoms with van der Waals surface area (Å²) in [5.74, 6) is -0.364. The van der Waals surface area contributed by atoms with Crippen molar-refractivity contribution in [2.75, 3.05) is 32.8 Å². The van der Waals surface area contributed by atoms with Gasteiger partial charge in [0.2, 0.25) is 0 Å². The number of quaternary nitrogens is 1. The summed E-state index contributed by atoms with van der Waals surface area (Å²) >= 11 is 0. The number of halogens is 1. The smallest absolute Gasteiger partial charge is 0.319 e. The maximum Gasteiger partial charge on any atom is 0.319 e. The molecule has 0 spiro atoms. The molecule has 3 nitrogen and oxygen atoms in total. The van der Waals surface area contributed by atoms with Crippen LogP contribution in [0.4, 0.5) is 0 Å². The predicted octanol–water partition coefficient (Wildman–Crippen LogP) is 6.78. The lowest BCUT2D eigenvalue weighted by Crippen LogP contribution is -3.00. The lowest BCUT2D eigenvalue weighted by Gasteiger charge is -2.49. The Hall–Kier alpha value is 0.170. The molecular weight excluding hydrogens is 454 g/mol. The van der Waals surface area contributed by atoms with Crippen LogP contribution in [0.5, 0.6) is 0 Å². The van der Waals surface area contributed by atoms with Gasteiger partial charge in [-0.05, 0) is 32.1 Å². The van der Waals surface area contributed by atoms with Gasteiger partial charge in [-0.2, -0.15) is 0 Å². The first-order valence-corrected chi connectivity index (χ1v) is 15.8. The minimum absolute atomic E-state index is 0. The molecule has 0 bridgehead atoms. The van der Waals surface area contributed by atoms with E-state index in [9.17, 15) is 0 Å². The molecule has 0 N–H and O–H groups in total. The molecule has 0 saturated carbocycles. The van der Waals surface area contributed by atoms with Crippen molar-refractivity contribution in [3.8, 4) is 0 Å². The van der Waals surface area contributed by atoms with Crippen molar-refractivity contribution >= 4 is 0 Å². The quantitative estimate of drug-likeness (QED) is 0.0754. The van der Waals surface area contributed by atoms with Gasteiger partial charge < -0.3 is 21.9 Å². The Bertz CT molecular complexity index is 423. The Morgan fingerprint density at radius 2 is 0.971 bits per heavy atom. The molecule has 1 aliphatic heterocycles. The summed E-state index contributed by atoms with van der Waals surface area (Å²) in [6, 6.07) is 0. The molecule has 212 valence electrons. The van der Waals surface area contributed by atoms with Crippen molar-refractivity contribution < 1.29 is 26.4 Å². The summed E-state index contributed by atoms with van der Waals surface area (Å²) in [7, 11) is 0. The lowest BCUT2D eigenvalue weighted by atomic mass is 10.0. The summed E-state index contributed by atoms with van der Waals surface area (Å²) in [5.41, 5.74) is 0. The van der Waals surface area contributed by atoms with Crippen LogP contribution in [0.2, 0.25) is 0 Å². The zero-order valence-corrected chi connectivity index (χ0v) is 25.3. The number of hydrogen-bond donors (Lipinski definition) is 0. The highest BCUT2D eigenvalue weighted by atomic mass is 35.5. The topological polar surface area (TPSA) is 18.5 Å². The molecule has 0 aromatic carbocycles. The zero-order valence-electron chi connectivity index (χ0n) is 24.5. The number of unbranched alkanes of at least 4 members (excludes halogenated alkanes) is 15. The number of rotatable bonds is 25. The van der Waals surface area contributed by atoms with Crippen molar-refractivity contribution in [3.63, 3.8) is 0 Å². The third-order valence-corrected chi connectivity index (χ3v) is 7.97. The highest BCUT2D eigenvalue weighted by Gasteiger charge is 2.54. The van der Waals surface area contributed by atoms with Crippen molar-refractivity contribution in [2.24, 2.45) is 0 Å². The van der Waals surface area contributed by atoms with Crippen molar-refractivity contribution in [3.05, 3.63) is 0 Å². The molecule has 1 aliphatic rings. The maximum absolute atomic E-state index is 6.68.